The number of nitrogens with one attached hydrogen (secondary N) is 1. The van der Waals surface area contributed by atoms with Crippen molar-refractivity contribution in [3.63, 3.8) is 0 Å². The fraction of sp³-hybridized carbons (Fsp3) is 0.500. The van der Waals surface area contributed by atoms with Gasteiger partial charge in [-0.3, -0.25) is 14.4 Å². The molecule has 3 amide bonds. The number of nitrogens with zero attached hydrogens (tertiary/aromatic N) is 3. The van der Waals surface area contributed by atoms with Gasteiger partial charge in [0.05, 0.1) is 5.71 Å². The average molecular weight is 370 g/mol. The number of carbonyl (C=O) groups excluding carboxylic acids is 3. The summed E-state index contributed by atoms with van der Waals surface area (Å²) in [5, 5.41) is 4.17. The van der Waals surface area contributed by atoms with Gasteiger partial charge in [0.25, 0.3) is 5.91 Å². The standard InChI is InChI=1S/C20H26N4O3/c1-15(16-7-5-8-17(13-16)24-12-6-10-20(24)27)21-22-18(25)14-23-11-4-2-3-9-19(23)26/h5,7-8,13H,2-4,6,9-12,14H2,1H3,(H,22,25)/b21-15-. The molecule has 7 heteroatoms. The topological polar surface area (TPSA) is 82.1 Å². The summed E-state index contributed by atoms with van der Waals surface area (Å²) >= 11 is 0. The molecule has 3 rings (SSSR count). The van der Waals surface area contributed by atoms with Crippen molar-refractivity contribution in [2.75, 3.05) is 24.5 Å². The van der Waals surface area contributed by atoms with Crippen molar-refractivity contribution in [3.8, 4) is 0 Å². The van der Waals surface area contributed by atoms with Crippen LogP contribution in [-0.2, 0) is 14.4 Å². The Kier molecular flexibility index (Phi) is 6.21. The number of likely N-dealkylation sites (tertiary alicyclic amines) is 1. The molecular formula is C20H26N4O3. The Labute approximate surface area is 159 Å². The SMILES string of the molecule is C/C(=N/NC(=O)CN1CCCCCC1=O)c1cccc(N2CCCC2=O)c1. The second-order valence-corrected chi connectivity index (χ2v) is 7.06. The molecule has 2 heterocycles. The van der Waals surface area contributed by atoms with Crippen LogP contribution in [-0.4, -0.2) is 48.0 Å². The maximum absolute atomic E-state index is 12.2. The summed E-state index contributed by atoms with van der Waals surface area (Å²) in [4.78, 5) is 39.4. The molecule has 0 radical (unpaired) electrons. The van der Waals surface area contributed by atoms with E-state index < -0.39 is 0 Å². The van der Waals surface area contributed by atoms with Gasteiger partial charge in [0.1, 0.15) is 6.54 Å². The van der Waals surface area contributed by atoms with Crippen molar-refractivity contribution >= 4 is 29.1 Å². The van der Waals surface area contributed by atoms with E-state index in [0.717, 1.165) is 43.5 Å². The van der Waals surface area contributed by atoms with E-state index in [1.54, 1.807) is 9.80 Å². The van der Waals surface area contributed by atoms with Crippen molar-refractivity contribution in [1.82, 2.24) is 10.3 Å². The molecule has 7 nitrogen and oxygen atoms in total. The normalized spacial score (nSPS) is 18.6. The minimum atomic E-state index is -0.296. The number of hydrazone groups is 1. The number of amides is 3. The van der Waals surface area contributed by atoms with Crippen LogP contribution in [0.2, 0.25) is 0 Å². The molecule has 1 N–H and O–H groups in total. The van der Waals surface area contributed by atoms with Crippen LogP contribution in [0, 0.1) is 0 Å². The van der Waals surface area contributed by atoms with Gasteiger partial charge in [-0.25, -0.2) is 5.43 Å². The molecular weight excluding hydrogens is 344 g/mol. The highest BCUT2D eigenvalue weighted by atomic mass is 16.2. The van der Waals surface area contributed by atoms with Gasteiger partial charge < -0.3 is 9.80 Å². The van der Waals surface area contributed by atoms with Crippen LogP contribution >= 0.6 is 0 Å². The first-order valence-corrected chi connectivity index (χ1v) is 9.56. The minimum absolute atomic E-state index is 0.0336. The van der Waals surface area contributed by atoms with Crippen molar-refractivity contribution in [2.45, 2.75) is 45.4 Å². The lowest BCUT2D eigenvalue weighted by molar-refractivity contribution is -0.135. The molecule has 0 aliphatic carbocycles. The largest absolute Gasteiger partial charge is 0.333 e. The zero-order valence-electron chi connectivity index (χ0n) is 15.7. The molecule has 0 atom stereocenters. The van der Waals surface area contributed by atoms with Gasteiger partial charge in [-0.15, -0.1) is 0 Å². The van der Waals surface area contributed by atoms with Gasteiger partial charge in [-0.1, -0.05) is 18.6 Å². The maximum Gasteiger partial charge on any atom is 0.259 e. The predicted molar refractivity (Wildman–Crippen MR) is 103 cm³/mol. The minimum Gasteiger partial charge on any atom is -0.333 e. The highest BCUT2D eigenvalue weighted by molar-refractivity contribution is 6.02. The Morgan fingerprint density at radius 2 is 1.89 bits per heavy atom. The Bertz CT molecular complexity index is 759. The van der Waals surface area contributed by atoms with E-state index in [1.165, 1.54) is 0 Å². The van der Waals surface area contributed by atoms with Crippen LogP contribution in [0.1, 0.15) is 51.0 Å². The zero-order valence-corrected chi connectivity index (χ0v) is 15.7. The van der Waals surface area contributed by atoms with Crippen molar-refractivity contribution in [2.24, 2.45) is 5.10 Å². The molecule has 27 heavy (non-hydrogen) atoms. The van der Waals surface area contributed by atoms with Crippen molar-refractivity contribution in [3.05, 3.63) is 29.8 Å². The molecule has 1 aromatic rings. The first-order valence-electron chi connectivity index (χ1n) is 9.56. The summed E-state index contributed by atoms with van der Waals surface area (Å²) < 4.78 is 0. The number of anilines is 1. The van der Waals surface area contributed by atoms with Gasteiger partial charge in [-0.2, -0.15) is 5.10 Å². The number of hydrogen-bond donors (Lipinski definition) is 1. The molecule has 144 valence electrons. The first kappa shape index (κ1) is 19.1. The molecule has 0 unspecified atom stereocenters. The lowest BCUT2D eigenvalue weighted by Gasteiger charge is -2.19. The summed E-state index contributed by atoms with van der Waals surface area (Å²) in [5.41, 5.74) is 4.89. The van der Waals surface area contributed by atoms with E-state index in [-0.39, 0.29) is 24.3 Å². The smallest absolute Gasteiger partial charge is 0.259 e. The zero-order chi connectivity index (χ0) is 19.2. The van der Waals surface area contributed by atoms with Gasteiger partial charge >= 0.3 is 0 Å². The molecule has 2 fully saturated rings. The average Bonchev–Trinajstić information content (AvgIpc) is 3.00. The third-order valence-electron chi connectivity index (χ3n) is 5.00. The van der Waals surface area contributed by atoms with Gasteiger partial charge in [0.15, 0.2) is 0 Å². The molecule has 1 aromatic carbocycles. The lowest BCUT2D eigenvalue weighted by atomic mass is 10.1. The van der Waals surface area contributed by atoms with E-state index in [9.17, 15) is 14.4 Å². The molecule has 0 bridgehead atoms. The molecule has 2 saturated heterocycles. The van der Waals surface area contributed by atoms with Crippen LogP contribution in [0.5, 0.6) is 0 Å². The van der Waals surface area contributed by atoms with E-state index in [4.69, 9.17) is 0 Å². The molecule has 0 spiro atoms. The summed E-state index contributed by atoms with van der Waals surface area (Å²) in [5.74, 6) is -0.126. The number of hydrogen-bond acceptors (Lipinski definition) is 4. The highest BCUT2D eigenvalue weighted by Crippen LogP contribution is 2.22. The highest BCUT2D eigenvalue weighted by Gasteiger charge is 2.22. The Hall–Kier alpha value is -2.70. The summed E-state index contributed by atoms with van der Waals surface area (Å²) in [7, 11) is 0. The molecule has 0 aromatic heterocycles. The van der Waals surface area contributed by atoms with Crippen LogP contribution in [0.15, 0.2) is 29.4 Å². The van der Waals surface area contributed by atoms with E-state index in [2.05, 4.69) is 10.5 Å². The second-order valence-electron chi connectivity index (χ2n) is 7.06. The van der Waals surface area contributed by atoms with E-state index in [1.807, 2.05) is 31.2 Å². The summed E-state index contributed by atoms with van der Waals surface area (Å²) in [6.07, 6.45) is 4.83. The van der Waals surface area contributed by atoms with Crippen molar-refractivity contribution < 1.29 is 14.4 Å². The lowest BCUT2D eigenvalue weighted by Crippen LogP contribution is -2.39. The van der Waals surface area contributed by atoms with Crippen molar-refractivity contribution in [1.29, 1.82) is 0 Å². The maximum atomic E-state index is 12.2. The summed E-state index contributed by atoms with van der Waals surface area (Å²) in [6, 6.07) is 7.59. The fourth-order valence-electron chi connectivity index (χ4n) is 3.45. The predicted octanol–water partition coefficient (Wildman–Crippen LogP) is 2.06. The van der Waals surface area contributed by atoms with Gasteiger partial charge in [0.2, 0.25) is 11.8 Å². The van der Waals surface area contributed by atoms with E-state index >= 15 is 0 Å². The third-order valence-corrected chi connectivity index (χ3v) is 5.00. The number of rotatable bonds is 5. The van der Waals surface area contributed by atoms with Crippen LogP contribution < -0.4 is 10.3 Å². The molecule has 2 aliphatic heterocycles. The third kappa shape index (κ3) is 4.93. The summed E-state index contributed by atoms with van der Waals surface area (Å²) in [6.45, 7) is 3.21. The van der Waals surface area contributed by atoms with Gasteiger partial charge in [-0.05, 0) is 43.9 Å². The number of benzene rings is 1. The molecule has 2 aliphatic rings. The monoisotopic (exact) mass is 370 g/mol. The quantitative estimate of drug-likeness (QED) is 0.636. The van der Waals surface area contributed by atoms with Gasteiger partial charge in [0, 0.05) is 31.6 Å². The fourth-order valence-corrected chi connectivity index (χ4v) is 3.45. The Morgan fingerprint density at radius 3 is 2.67 bits per heavy atom. The second kappa shape index (κ2) is 8.79. The first-order chi connectivity index (χ1) is 13.0. The van der Waals surface area contributed by atoms with E-state index in [0.29, 0.717) is 25.1 Å². The molecule has 0 saturated carbocycles. The Balaban J connectivity index is 1.61. The number of carbonyl (C=O) groups is 3. The van der Waals surface area contributed by atoms with Crippen LogP contribution in [0.3, 0.4) is 0 Å². The van der Waals surface area contributed by atoms with Crippen LogP contribution in [0.4, 0.5) is 5.69 Å². The van der Waals surface area contributed by atoms with Crippen LogP contribution in [0.25, 0.3) is 0 Å². The Morgan fingerprint density at radius 1 is 1.07 bits per heavy atom.